The quantitative estimate of drug-likeness (QED) is 0.318. The van der Waals surface area contributed by atoms with Gasteiger partial charge in [0.1, 0.15) is 17.2 Å². The van der Waals surface area contributed by atoms with E-state index in [4.69, 9.17) is 5.73 Å². The number of pyridine rings is 3. The lowest BCUT2D eigenvalue weighted by Crippen LogP contribution is -2.42. The minimum absolute atomic E-state index is 0.145. The van der Waals surface area contributed by atoms with Crippen LogP contribution in [-0.4, -0.2) is 89.3 Å². The number of H-pyrrole nitrogens is 1. The van der Waals surface area contributed by atoms with E-state index >= 15 is 0 Å². The van der Waals surface area contributed by atoms with E-state index in [-0.39, 0.29) is 36.4 Å². The lowest BCUT2D eigenvalue weighted by molar-refractivity contribution is 0.0762. The van der Waals surface area contributed by atoms with Crippen molar-refractivity contribution in [2.45, 2.75) is 0 Å². The number of carbonyl (C=O) groups excluding carboxylic acids is 2. The molecular weight excluding hydrogens is 494 g/mol. The van der Waals surface area contributed by atoms with Gasteiger partial charge >= 0.3 is 0 Å². The number of aromatic amines is 1. The summed E-state index contributed by atoms with van der Waals surface area (Å²) in [7, 11) is 0.762. The van der Waals surface area contributed by atoms with E-state index in [1.807, 2.05) is 12.1 Å². The van der Waals surface area contributed by atoms with Gasteiger partial charge in [0.15, 0.2) is 0 Å². The highest BCUT2D eigenvalue weighted by atomic mass is 32.3. The van der Waals surface area contributed by atoms with Gasteiger partial charge in [-0.25, -0.2) is 9.97 Å². The van der Waals surface area contributed by atoms with Gasteiger partial charge < -0.3 is 20.5 Å². The van der Waals surface area contributed by atoms with Crippen LogP contribution in [0.2, 0.25) is 0 Å². The number of amides is 2. The minimum atomic E-state index is -2.60. The summed E-state index contributed by atoms with van der Waals surface area (Å²) in [6.45, 7) is 0.571. The van der Waals surface area contributed by atoms with Gasteiger partial charge in [-0.1, -0.05) is 0 Å². The molecule has 0 saturated carbocycles. The van der Waals surface area contributed by atoms with Crippen LogP contribution >= 0.6 is 10.6 Å². The van der Waals surface area contributed by atoms with Crippen LogP contribution in [-0.2, 0) is 0 Å². The molecule has 4 aromatic rings. The summed E-state index contributed by atoms with van der Waals surface area (Å²) in [5, 5.41) is 0.740. The minimum Gasteiger partial charge on any atom is -0.383 e. The molecule has 5 N–H and O–H groups in total. The Kier molecular flexibility index (Phi) is 6.31. The maximum Gasteiger partial charge on any atom is 0.270 e. The number of nitrogen functional groups attached to an aromatic ring is 1. The Morgan fingerprint density at radius 2 is 1.78 bits per heavy atom. The first-order valence-corrected chi connectivity index (χ1v) is 13.5. The topological polar surface area (TPSA) is 162 Å². The van der Waals surface area contributed by atoms with Crippen LogP contribution in [0.25, 0.3) is 33.4 Å². The average molecular weight is 522 g/mol. The van der Waals surface area contributed by atoms with Gasteiger partial charge in [-0.3, -0.25) is 23.7 Å². The van der Waals surface area contributed by atoms with Crippen LogP contribution in [0.5, 0.6) is 0 Å². The monoisotopic (exact) mass is 521 g/mol. The molecule has 0 aliphatic carbocycles. The Morgan fingerprint density at radius 1 is 1.03 bits per heavy atom. The normalized spacial score (nSPS) is 15.9. The summed E-state index contributed by atoms with van der Waals surface area (Å²) >= 11 is 0. The van der Waals surface area contributed by atoms with Gasteiger partial charge in [0.05, 0.1) is 22.8 Å². The predicted molar refractivity (Wildman–Crippen MR) is 143 cm³/mol. The fraction of sp³-hybridized carbons (Fsp3) is 0.240. The van der Waals surface area contributed by atoms with Gasteiger partial charge in [0.25, 0.3) is 11.8 Å². The number of carbonyl (C=O) groups is 2. The van der Waals surface area contributed by atoms with E-state index in [1.54, 1.807) is 49.6 Å². The van der Waals surface area contributed by atoms with Gasteiger partial charge in [-0.15, -0.1) is 0 Å². The highest BCUT2D eigenvalue weighted by Gasteiger charge is 2.27. The number of hydrogen-bond donors (Lipinski definition) is 4. The summed E-state index contributed by atoms with van der Waals surface area (Å²) in [4.78, 5) is 44.6. The van der Waals surface area contributed by atoms with Gasteiger partial charge in [0.2, 0.25) is 0 Å². The highest BCUT2D eigenvalue weighted by Crippen LogP contribution is 2.40. The molecule has 0 radical (unpaired) electrons. The molecule has 0 spiro atoms. The third-order valence-corrected chi connectivity index (χ3v) is 8.02. The number of rotatable bonds is 4. The highest BCUT2D eigenvalue weighted by molar-refractivity contribution is 8.24. The van der Waals surface area contributed by atoms with Crippen LogP contribution in [0, 0.1) is 0 Å². The van der Waals surface area contributed by atoms with Gasteiger partial charge in [-0.05, 0) is 35.9 Å². The van der Waals surface area contributed by atoms with Crippen LogP contribution in [0.15, 0.2) is 48.9 Å². The first kappa shape index (κ1) is 24.7. The largest absolute Gasteiger partial charge is 0.383 e. The molecule has 2 amide bonds. The van der Waals surface area contributed by atoms with Crippen molar-refractivity contribution in [2.75, 3.05) is 44.4 Å². The van der Waals surface area contributed by atoms with E-state index in [0.29, 0.717) is 34.0 Å². The zero-order valence-corrected chi connectivity index (χ0v) is 21.2. The molecule has 1 saturated heterocycles. The molecule has 11 nitrogen and oxygen atoms in total. The smallest absolute Gasteiger partial charge is 0.270 e. The second-order valence-electron chi connectivity index (χ2n) is 9.09. The van der Waals surface area contributed by atoms with Crippen LogP contribution in [0.1, 0.15) is 20.8 Å². The maximum atomic E-state index is 13.1. The second kappa shape index (κ2) is 9.47. The van der Waals surface area contributed by atoms with Gasteiger partial charge in [-0.2, -0.15) is 10.6 Å². The van der Waals surface area contributed by atoms with Crippen molar-refractivity contribution in [1.82, 2.24) is 29.7 Å². The standard InChI is InChI=1S/C25H27N7O4S/c1-31(2)24(33)15-3-4-20(28-13-15)19-11-16(14-29-22(19)26)17-5-6-27-23-18(17)12-21(30-23)25(34)32-7-9-37(35,36)10-8-32/h3-6,11-14,35-36H,7-10H2,1-2H3,(H2,26,29)(H,27,30). The van der Waals surface area contributed by atoms with Crippen molar-refractivity contribution in [2.24, 2.45) is 0 Å². The summed E-state index contributed by atoms with van der Waals surface area (Å²) < 4.78 is 19.7. The molecule has 0 bridgehead atoms. The van der Waals surface area contributed by atoms with E-state index in [2.05, 4.69) is 19.9 Å². The number of nitrogens with two attached hydrogens (primary N) is 1. The molecule has 0 atom stereocenters. The van der Waals surface area contributed by atoms with Crippen molar-refractivity contribution in [3.05, 3.63) is 60.2 Å². The van der Waals surface area contributed by atoms with E-state index in [0.717, 1.165) is 16.5 Å². The molecule has 4 aromatic heterocycles. The molecule has 5 heterocycles. The first-order valence-electron chi connectivity index (χ1n) is 11.6. The fourth-order valence-corrected chi connectivity index (χ4v) is 5.49. The molecule has 192 valence electrons. The van der Waals surface area contributed by atoms with Crippen molar-refractivity contribution in [3.8, 4) is 22.4 Å². The Morgan fingerprint density at radius 3 is 2.46 bits per heavy atom. The van der Waals surface area contributed by atoms with E-state index in [9.17, 15) is 18.7 Å². The summed E-state index contributed by atoms with van der Waals surface area (Å²) in [6.07, 6.45) is 4.81. The van der Waals surface area contributed by atoms with Crippen LogP contribution in [0.4, 0.5) is 5.82 Å². The fourth-order valence-electron chi connectivity index (χ4n) is 4.26. The number of fused-ring (bicyclic) bond motifs is 1. The van der Waals surface area contributed by atoms with Crippen molar-refractivity contribution in [1.29, 1.82) is 0 Å². The van der Waals surface area contributed by atoms with Gasteiger partial charge in [0, 0.05) is 62.3 Å². The van der Waals surface area contributed by atoms with Crippen molar-refractivity contribution >= 4 is 39.3 Å². The zero-order chi connectivity index (χ0) is 26.3. The molecule has 37 heavy (non-hydrogen) atoms. The second-order valence-corrected chi connectivity index (χ2v) is 11.5. The van der Waals surface area contributed by atoms with Crippen LogP contribution in [0.3, 0.4) is 0 Å². The molecule has 0 aromatic carbocycles. The van der Waals surface area contributed by atoms with Crippen molar-refractivity contribution in [3.63, 3.8) is 0 Å². The Labute approximate surface area is 214 Å². The summed E-state index contributed by atoms with van der Waals surface area (Å²) in [6, 6.07) is 8.89. The first-order chi connectivity index (χ1) is 17.6. The number of nitrogens with one attached hydrogen (secondary N) is 1. The number of hydrogen-bond acceptors (Lipinski definition) is 8. The van der Waals surface area contributed by atoms with Crippen molar-refractivity contribution < 1.29 is 18.7 Å². The maximum absolute atomic E-state index is 13.1. The lowest BCUT2D eigenvalue weighted by atomic mass is 10.0. The van der Waals surface area contributed by atoms with E-state index in [1.165, 1.54) is 11.1 Å². The molecule has 5 rings (SSSR count). The molecular formula is C25H27N7O4S. The summed E-state index contributed by atoms with van der Waals surface area (Å²) in [5.41, 5.74) is 10.3. The molecule has 1 aliphatic heterocycles. The molecule has 0 unspecified atom stereocenters. The Bertz CT molecular complexity index is 1490. The molecule has 12 heteroatoms. The number of aromatic nitrogens is 4. The SMILES string of the molecule is CN(C)C(=O)c1ccc(-c2cc(-c3ccnc4[nH]c(C(=O)N5CCS(O)(O)CC5)cc34)cnc2N)nc1. The zero-order valence-electron chi connectivity index (χ0n) is 20.4. The third kappa shape index (κ3) is 4.86. The lowest BCUT2D eigenvalue weighted by Gasteiger charge is -2.40. The predicted octanol–water partition coefficient (Wildman–Crippen LogP) is 3.18. The van der Waals surface area contributed by atoms with Crippen LogP contribution < -0.4 is 5.73 Å². The Balaban J connectivity index is 1.47. The third-order valence-electron chi connectivity index (χ3n) is 6.35. The molecule has 1 aliphatic rings. The Hall–Kier alpha value is -4.00. The number of nitrogens with zero attached hydrogens (tertiary/aromatic N) is 5. The molecule has 1 fully saturated rings. The summed E-state index contributed by atoms with van der Waals surface area (Å²) in [5.74, 6) is 0.302. The van der Waals surface area contributed by atoms with E-state index < -0.39 is 10.6 Å². The number of anilines is 1. The average Bonchev–Trinajstić information content (AvgIpc) is 3.33.